The Labute approximate surface area is 55.2 Å². The minimum absolute atomic E-state index is 0.227. The molecule has 0 saturated heterocycles. The number of ether oxygens (including phenoxy) is 1. The fourth-order valence-electron chi connectivity index (χ4n) is 0.505. The van der Waals surface area contributed by atoms with Gasteiger partial charge in [-0.25, -0.2) is 4.39 Å². The number of alkyl halides is 1. The lowest BCUT2D eigenvalue weighted by Crippen LogP contribution is -2.03. The van der Waals surface area contributed by atoms with Gasteiger partial charge in [-0.1, -0.05) is 0 Å². The maximum atomic E-state index is 11.4. The van der Waals surface area contributed by atoms with Crippen LogP contribution in [0.2, 0.25) is 0 Å². The predicted octanol–water partition coefficient (Wildman–Crippen LogP) is 0.711. The average Bonchev–Trinajstić information content (AvgIpc) is 1.89. The molecule has 0 aliphatic heterocycles. The molecule has 0 aromatic heterocycles. The standard InChI is InChI=1S/C6H14FNO/c7-3-6-9-5-2-1-4-8/h1-6,8H2. The predicted molar refractivity (Wildman–Crippen MR) is 35.1 cm³/mol. The second-order valence-electron chi connectivity index (χ2n) is 1.80. The molecule has 56 valence electrons. The van der Waals surface area contributed by atoms with E-state index >= 15 is 0 Å². The minimum atomic E-state index is -0.386. The number of rotatable bonds is 6. The first-order valence-electron chi connectivity index (χ1n) is 3.25. The van der Waals surface area contributed by atoms with Crippen molar-refractivity contribution in [1.82, 2.24) is 0 Å². The second-order valence-corrected chi connectivity index (χ2v) is 1.80. The number of nitrogens with two attached hydrogens (primary N) is 1. The molecular weight excluding hydrogens is 121 g/mol. The van der Waals surface area contributed by atoms with E-state index in [9.17, 15) is 4.39 Å². The molecule has 0 radical (unpaired) electrons. The van der Waals surface area contributed by atoms with Crippen molar-refractivity contribution >= 4 is 0 Å². The van der Waals surface area contributed by atoms with Crippen LogP contribution >= 0.6 is 0 Å². The Balaban J connectivity index is 2.60. The Hall–Kier alpha value is -0.150. The first kappa shape index (κ1) is 8.85. The molecule has 0 fully saturated rings. The molecule has 0 rings (SSSR count). The van der Waals surface area contributed by atoms with E-state index in [0.717, 1.165) is 12.8 Å². The normalized spacial score (nSPS) is 10.0. The van der Waals surface area contributed by atoms with Crippen LogP contribution in [0, 0.1) is 0 Å². The Bertz CT molecular complexity index is 46.3. The Kier molecular flexibility index (Phi) is 7.72. The van der Waals surface area contributed by atoms with E-state index in [-0.39, 0.29) is 13.3 Å². The van der Waals surface area contributed by atoms with Crippen LogP contribution in [0.3, 0.4) is 0 Å². The molecule has 0 heterocycles. The largest absolute Gasteiger partial charge is 0.379 e. The lowest BCUT2D eigenvalue weighted by atomic mass is 10.3. The zero-order chi connectivity index (χ0) is 6.95. The van der Waals surface area contributed by atoms with Gasteiger partial charge in [-0.05, 0) is 19.4 Å². The molecule has 9 heavy (non-hydrogen) atoms. The van der Waals surface area contributed by atoms with Crippen LogP contribution in [0.4, 0.5) is 4.39 Å². The highest BCUT2D eigenvalue weighted by Crippen LogP contribution is 1.86. The number of hydrogen-bond acceptors (Lipinski definition) is 2. The highest BCUT2D eigenvalue weighted by Gasteiger charge is 1.85. The van der Waals surface area contributed by atoms with E-state index in [2.05, 4.69) is 0 Å². The topological polar surface area (TPSA) is 35.2 Å². The van der Waals surface area contributed by atoms with E-state index in [1.54, 1.807) is 0 Å². The van der Waals surface area contributed by atoms with Crippen molar-refractivity contribution in [1.29, 1.82) is 0 Å². The van der Waals surface area contributed by atoms with E-state index in [0.29, 0.717) is 13.2 Å². The number of halogens is 1. The van der Waals surface area contributed by atoms with Crippen molar-refractivity contribution in [2.45, 2.75) is 12.8 Å². The first-order chi connectivity index (χ1) is 4.41. The third-order valence-electron chi connectivity index (χ3n) is 0.964. The van der Waals surface area contributed by atoms with Gasteiger partial charge in [-0.3, -0.25) is 0 Å². The molecule has 0 aliphatic carbocycles. The monoisotopic (exact) mass is 135 g/mol. The van der Waals surface area contributed by atoms with Gasteiger partial charge in [-0.15, -0.1) is 0 Å². The van der Waals surface area contributed by atoms with Gasteiger partial charge in [0.2, 0.25) is 0 Å². The van der Waals surface area contributed by atoms with Gasteiger partial charge >= 0.3 is 0 Å². The summed E-state index contributed by atoms with van der Waals surface area (Å²) in [6.45, 7) is 1.17. The van der Waals surface area contributed by atoms with Crippen LogP contribution in [-0.4, -0.2) is 26.4 Å². The molecular formula is C6H14FNO. The van der Waals surface area contributed by atoms with Crippen molar-refractivity contribution in [3.05, 3.63) is 0 Å². The van der Waals surface area contributed by atoms with Crippen LogP contribution < -0.4 is 5.73 Å². The summed E-state index contributed by atoms with van der Waals surface area (Å²) in [5.41, 5.74) is 5.21. The molecule has 0 saturated carbocycles. The fourth-order valence-corrected chi connectivity index (χ4v) is 0.505. The van der Waals surface area contributed by atoms with Gasteiger partial charge in [-0.2, -0.15) is 0 Å². The van der Waals surface area contributed by atoms with E-state index in [1.165, 1.54) is 0 Å². The van der Waals surface area contributed by atoms with Crippen LogP contribution in [0.1, 0.15) is 12.8 Å². The summed E-state index contributed by atoms with van der Waals surface area (Å²) in [7, 11) is 0. The maximum Gasteiger partial charge on any atom is 0.113 e. The van der Waals surface area contributed by atoms with Crippen molar-refractivity contribution in [3.63, 3.8) is 0 Å². The van der Waals surface area contributed by atoms with Crippen LogP contribution in [0.15, 0.2) is 0 Å². The molecule has 3 heteroatoms. The third-order valence-corrected chi connectivity index (χ3v) is 0.964. The lowest BCUT2D eigenvalue weighted by Gasteiger charge is -1.98. The summed E-state index contributed by atoms with van der Waals surface area (Å²) in [6, 6.07) is 0. The molecule has 0 atom stereocenters. The molecule has 2 N–H and O–H groups in total. The van der Waals surface area contributed by atoms with E-state index in [4.69, 9.17) is 10.5 Å². The second kappa shape index (κ2) is 7.85. The fraction of sp³-hybridized carbons (Fsp3) is 1.00. The zero-order valence-electron chi connectivity index (χ0n) is 5.61. The molecule has 0 amide bonds. The summed E-state index contributed by atoms with van der Waals surface area (Å²) in [5, 5.41) is 0. The Morgan fingerprint density at radius 1 is 1.22 bits per heavy atom. The van der Waals surface area contributed by atoms with Crippen LogP contribution in [0.5, 0.6) is 0 Å². The summed E-state index contributed by atoms with van der Waals surface area (Å²) in [4.78, 5) is 0. The van der Waals surface area contributed by atoms with Gasteiger partial charge in [0, 0.05) is 6.61 Å². The minimum Gasteiger partial charge on any atom is -0.379 e. The quantitative estimate of drug-likeness (QED) is 0.544. The van der Waals surface area contributed by atoms with Crippen LogP contribution in [0.25, 0.3) is 0 Å². The van der Waals surface area contributed by atoms with Gasteiger partial charge in [0.1, 0.15) is 6.67 Å². The smallest absolute Gasteiger partial charge is 0.113 e. The summed E-state index contributed by atoms with van der Waals surface area (Å²) >= 11 is 0. The van der Waals surface area contributed by atoms with Gasteiger partial charge < -0.3 is 10.5 Å². The third kappa shape index (κ3) is 7.85. The van der Waals surface area contributed by atoms with E-state index in [1.807, 2.05) is 0 Å². The van der Waals surface area contributed by atoms with E-state index < -0.39 is 0 Å². The molecule has 0 aromatic carbocycles. The Morgan fingerprint density at radius 3 is 2.56 bits per heavy atom. The molecule has 0 aromatic rings. The Morgan fingerprint density at radius 2 is 2.00 bits per heavy atom. The number of hydrogen-bond donors (Lipinski definition) is 1. The van der Waals surface area contributed by atoms with Crippen molar-refractivity contribution in [2.75, 3.05) is 26.4 Å². The maximum absolute atomic E-state index is 11.4. The van der Waals surface area contributed by atoms with Gasteiger partial charge in [0.15, 0.2) is 0 Å². The lowest BCUT2D eigenvalue weighted by molar-refractivity contribution is 0.116. The molecule has 0 spiro atoms. The summed E-state index contributed by atoms with van der Waals surface area (Å²) in [5.74, 6) is 0. The van der Waals surface area contributed by atoms with Crippen molar-refractivity contribution < 1.29 is 9.13 Å². The summed E-state index contributed by atoms with van der Waals surface area (Å²) < 4.78 is 16.2. The highest BCUT2D eigenvalue weighted by molar-refractivity contribution is 4.38. The average molecular weight is 135 g/mol. The van der Waals surface area contributed by atoms with Crippen LogP contribution in [-0.2, 0) is 4.74 Å². The molecule has 0 bridgehead atoms. The SMILES string of the molecule is NCCCCOCCF. The highest BCUT2D eigenvalue weighted by atomic mass is 19.1. The number of unbranched alkanes of at least 4 members (excludes halogenated alkanes) is 1. The molecule has 0 aliphatic rings. The first-order valence-corrected chi connectivity index (χ1v) is 3.25. The van der Waals surface area contributed by atoms with Crippen molar-refractivity contribution in [2.24, 2.45) is 5.73 Å². The zero-order valence-corrected chi connectivity index (χ0v) is 5.61. The summed E-state index contributed by atoms with van der Waals surface area (Å²) in [6.07, 6.45) is 1.91. The molecule has 2 nitrogen and oxygen atoms in total. The van der Waals surface area contributed by atoms with Crippen molar-refractivity contribution in [3.8, 4) is 0 Å². The van der Waals surface area contributed by atoms with Gasteiger partial charge in [0.05, 0.1) is 6.61 Å². The van der Waals surface area contributed by atoms with Gasteiger partial charge in [0.25, 0.3) is 0 Å². The molecule has 0 unspecified atom stereocenters.